The van der Waals surface area contributed by atoms with Crippen LogP contribution in [0.2, 0.25) is 0 Å². The van der Waals surface area contributed by atoms with Gasteiger partial charge < -0.3 is 9.63 Å². The van der Waals surface area contributed by atoms with Crippen molar-refractivity contribution in [2.24, 2.45) is 0 Å². The van der Waals surface area contributed by atoms with E-state index in [-0.39, 0.29) is 11.5 Å². The first-order chi connectivity index (χ1) is 8.02. The normalized spacial score (nSPS) is 11.1. The lowest BCUT2D eigenvalue weighted by Crippen LogP contribution is -2.02. The molecule has 0 amide bonds. The first-order valence-electron chi connectivity index (χ1n) is 5.29. The smallest absolute Gasteiger partial charge is 0.341 e. The zero-order valence-corrected chi connectivity index (χ0v) is 10.7. The lowest BCUT2D eigenvalue weighted by atomic mass is 10.0. The van der Waals surface area contributed by atoms with Crippen LogP contribution in [-0.4, -0.2) is 16.2 Å². The van der Waals surface area contributed by atoms with Crippen LogP contribution < -0.4 is 0 Å². The summed E-state index contributed by atoms with van der Waals surface area (Å²) in [5, 5.41) is 15.1. The molecule has 2 aromatic rings. The van der Waals surface area contributed by atoms with Crippen molar-refractivity contribution in [3.63, 3.8) is 0 Å². The van der Waals surface area contributed by atoms with E-state index < -0.39 is 5.97 Å². The van der Waals surface area contributed by atoms with Crippen molar-refractivity contribution in [1.29, 1.82) is 0 Å². The number of thiophene rings is 1. The number of aromatic carboxylic acids is 1. The monoisotopic (exact) mass is 251 g/mol. The van der Waals surface area contributed by atoms with Gasteiger partial charge in [-0.05, 0) is 23.9 Å². The summed E-state index contributed by atoms with van der Waals surface area (Å²) in [7, 11) is 0. The molecule has 0 aliphatic rings. The molecule has 5 heteroatoms. The Labute approximate surface area is 103 Å². The third kappa shape index (κ3) is 1.98. The molecule has 0 fully saturated rings. The maximum absolute atomic E-state index is 11.3. The Morgan fingerprint density at radius 1 is 1.53 bits per heavy atom. The second-order valence-electron chi connectivity index (χ2n) is 4.16. The van der Waals surface area contributed by atoms with Crippen LogP contribution in [0.25, 0.3) is 10.6 Å². The van der Waals surface area contributed by atoms with E-state index in [1.165, 1.54) is 11.3 Å². The van der Waals surface area contributed by atoms with Crippen LogP contribution in [0.5, 0.6) is 0 Å². The molecule has 0 spiro atoms. The lowest BCUT2D eigenvalue weighted by Gasteiger charge is -2.01. The molecule has 0 aromatic carbocycles. The maximum Gasteiger partial charge on any atom is 0.341 e. The van der Waals surface area contributed by atoms with Crippen LogP contribution in [0.1, 0.15) is 41.4 Å². The molecule has 4 nitrogen and oxygen atoms in total. The molecule has 0 aliphatic carbocycles. The second kappa shape index (κ2) is 4.33. The highest BCUT2D eigenvalue weighted by atomic mass is 32.1. The average molecular weight is 251 g/mol. The Bertz CT molecular complexity index is 554. The van der Waals surface area contributed by atoms with Gasteiger partial charge in [0.05, 0.1) is 4.88 Å². The molecule has 2 aromatic heterocycles. The van der Waals surface area contributed by atoms with Crippen molar-refractivity contribution in [3.8, 4) is 10.6 Å². The molecule has 0 bridgehead atoms. The molecule has 0 atom stereocenters. The van der Waals surface area contributed by atoms with Crippen LogP contribution in [0.3, 0.4) is 0 Å². The lowest BCUT2D eigenvalue weighted by molar-refractivity contribution is 0.0694. The SMILES string of the molecule is Cc1ccsc1-c1noc(C(C)C)c1C(=O)O. The Morgan fingerprint density at radius 3 is 2.71 bits per heavy atom. The van der Waals surface area contributed by atoms with Gasteiger partial charge in [0.1, 0.15) is 11.3 Å². The Kier molecular flexibility index (Phi) is 3.02. The predicted molar refractivity (Wildman–Crippen MR) is 65.6 cm³/mol. The van der Waals surface area contributed by atoms with Crippen LogP contribution in [0.4, 0.5) is 0 Å². The van der Waals surface area contributed by atoms with Gasteiger partial charge in [-0.1, -0.05) is 19.0 Å². The summed E-state index contributed by atoms with van der Waals surface area (Å²) in [6.07, 6.45) is 0. The van der Waals surface area contributed by atoms with Gasteiger partial charge in [0, 0.05) is 5.92 Å². The van der Waals surface area contributed by atoms with Crippen molar-refractivity contribution in [2.75, 3.05) is 0 Å². The van der Waals surface area contributed by atoms with Gasteiger partial charge in [0.2, 0.25) is 0 Å². The van der Waals surface area contributed by atoms with Gasteiger partial charge >= 0.3 is 5.97 Å². The second-order valence-corrected chi connectivity index (χ2v) is 5.08. The number of aryl methyl sites for hydroxylation is 1. The first kappa shape index (κ1) is 11.9. The minimum absolute atomic E-state index is 0.00242. The molecule has 17 heavy (non-hydrogen) atoms. The topological polar surface area (TPSA) is 63.3 Å². The van der Waals surface area contributed by atoms with Crippen LogP contribution in [0.15, 0.2) is 16.0 Å². The van der Waals surface area contributed by atoms with Crippen LogP contribution in [-0.2, 0) is 0 Å². The summed E-state index contributed by atoms with van der Waals surface area (Å²) in [5.74, 6) is -0.555. The quantitative estimate of drug-likeness (QED) is 0.906. The van der Waals surface area contributed by atoms with E-state index >= 15 is 0 Å². The highest BCUT2D eigenvalue weighted by molar-refractivity contribution is 7.13. The van der Waals surface area contributed by atoms with Gasteiger partial charge in [-0.25, -0.2) is 4.79 Å². The third-order valence-electron chi connectivity index (χ3n) is 2.53. The van der Waals surface area contributed by atoms with E-state index in [4.69, 9.17) is 4.52 Å². The fourth-order valence-corrected chi connectivity index (χ4v) is 2.59. The molecule has 0 radical (unpaired) electrons. The number of carboxylic acid groups (broad SMARTS) is 1. The Balaban J connectivity index is 2.64. The van der Waals surface area contributed by atoms with Gasteiger partial charge in [-0.15, -0.1) is 11.3 Å². The fraction of sp³-hybridized carbons (Fsp3) is 0.333. The van der Waals surface area contributed by atoms with Gasteiger partial charge in [0.15, 0.2) is 5.76 Å². The first-order valence-corrected chi connectivity index (χ1v) is 6.17. The van der Waals surface area contributed by atoms with Crippen molar-refractivity contribution in [3.05, 3.63) is 28.3 Å². The number of hydrogen-bond donors (Lipinski definition) is 1. The minimum atomic E-state index is -0.988. The summed E-state index contributed by atoms with van der Waals surface area (Å²) < 4.78 is 5.17. The standard InChI is InChI=1S/C12H13NO3S/c1-6(2)10-8(12(14)15)9(13-16-10)11-7(3)4-5-17-11/h4-6H,1-3H3,(H,14,15). The predicted octanol–water partition coefficient (Wildman–Crippen LogP) is 3.53. The Morgan fingerprint density at radius 2 is 2.24 bits per heavy atom. The molecule has 0 aliphatic heterocycles. The number of nitrogens with zero attached hydrogens (tertiary/aromatic N) is 1. The summed E-state index contributed by atoms with van der Waals surface area (Å²) in [6.45, 7) is 5.71. The van der Waals surface area contributed by atoms with Crippen LogP contribution >= 0.6 is 11.3 Å². The molecule has 0 saturated carbocycles. The minimum Gasteiger partial charge on any atom is -0.477 e. The Hall–Kier alpha value is -1.62. The van der Waals surface area contributed by atoms with E-state index in [0.717, 1.165) is 10.4 Å². The zero-order chi connectivity index (χ0) is 12.6. The summed E-state index contributed by atoms with van der Waals surface area (Å²) in [5.41, 5.74) is 1.64. The summed E-state index contributed by atoms with van der Waals surface area (Å²) in [4.78, 5) is 12.2. The number of aromatic nitrogens is 1. The van der Waals surface area contributed by atoms with Crippen molar-refractivity contribution >= 4 is 17.3 Å². The highest BCUT2D eigenvalue weighted by Crippen LogP contribution is 2.34. The van der Waals surface area contributed by atoms with Gasteiger partial charge in [-0.3, -0.25) is 0 Å². The van der Waals surface area contributed by atoms with Crippen molar-refractivity contribution < 1.29 is 14.4 Å². The van der Waals surface area contributed by atoms with Gasteiger partial charge in [0.25, 0.3) is 0 Å². The summed E-state index contributed by atoms with van der Waals surface area (Å²) >= 11 is 1.47. The molecular formula is C12H13NO3S. The summed E-state index contributed by atoms with van der Waals surface area (Å²) in [6, 6.07) is 1.94. The molecule has 0 unspecified atom stereocenters. The average Bonchev–Trinajstić information content (AvgIpc) is 2.82. The largest absolute Gasteiger partial charge is 0.477 e. The number of hydrogen-bond acceptors (Lipinski definition) is 4. The number of rotatable bonds is 3. The van der Waals surface area contributed by atoms with Gasteiger partial charge in [-0.2, -0.15) is 0 Å². The van der Waals surface area contributed by atoms with E-state index in [1.54, 1.807) is 0 Å². The third-order valence-corrected chi connectivity index (χ3v) is 3.56. The zero-order valence-electron chi connectivity index (χ0n) is 9.85. The molecular weight excluding hydrogens is 238 g/mol. The number of carbonyl (C=O) groups is 1. The molecule has 1 N–H and O–H groups in total. The van der Waals surface area contributed by atoms with E-state index in [9.17, 15) is 9.90 Å². The van der Waals surface area contributed by atoms with E-state index in [2.05, 4.69) is 5.16 Å². The van der Waals surface area contributed by atoms with E-state index in [1.807, 2.05) is 32.2 Å². The molecule has 90 valence electrons. The van der Waals surface area contributed by atoms with Crippen molar-refractivity contribution in [2.45, 2.75) is 26.7 Å². The molecule has 2 rings (SSSR count). The highest BCUT2D eigenvalue weighted by Gasteiger charge is 2.26. The molecule has 0 saturated heterocycles. The number of carboxylic acids is 1. The van der Waals surface area contributed by atoms with Crippen molar-refractivity contribution in [1.82, 2.24) is 5.16 Å². The molecule has 2 heterocycles. The fourth-order valence-electron chi connectivity index (χ4n) is 1.67. The van der Waals surface area contributed by atoms with E-state index in [0.29, 0.717) is 11.5 Å². The maximum atomic E-state index is 11.3. The van der Waals surface area contributed by atoms with Crippen LogP contribution in [0, 0.1) is 6.92 Å².